The number of β-amino-alcohol motifs (C(OH)–C–C–N with tert-alkyl or cyclic N) is 1. The summed E-state index contributed by atoms with van der Waals surface area (Å²) >= 11 is 0. The maximum atomic E-state index is 12.0. The van der Waals surface area contributed by atoms with Gasteiger partial charge in [-0.3, -0.25) is 4.90 Å². The number of aliphatic hydroxyl groups excluding tert-OH is 1. The second-order valence-corrected chi connectivity index (χ2v) is 7.24. The van der Waals surface area contributed by atoms with Crippen LogP contribution in [0.3, 0.4) is 0 Å². The van der Waals surface area contributed by atoms with Crippen molar-refractivity contribution in [2.45, 2.75) is 11.3 Å². The van der Waals surface area contributed by atoms with Crippen molar-refractivity contribution in [2.75, 3.05) is 52.4 Å². The summed E-state index contributed by atoms with van der Waals surface area (Å²) in [5.41, 5.74) is 0. The Hall–Kier alpha value is -0.990. The molecule has 0 bridgehead atoms. The zero-order chi connectivity index (χ0) is 15.8. The minimum atomic E-state index is -3.38. The van der Waals surface area contributed by atoms with Gasteiger partial charge in [0.25, 0.3) is 0 Å². The van der Waals surface area contributed by atoms with E-state index < -0.39 is 10.0 Å². The highest BCUT2D eigenvalue weighted by molar-refractivity contribution is 7.89. The van der Waals surface area contributed by atoms with Crippen LogP contribution in [0, 0.1) is 0 Å². The van der Waals surface area contributed by atoms with E-state index >= 15 is 0 Å². The highest BCUT2D eigenvalue weighted by Crippen LogP contribution is 2.07. The quantitative estimate of drug-likeness (QED) is 0.656. The number of hydrogen-bond donors (Lipinski definition) is 2. The molecule has 1 fully saturated rings. The lowest BCUT2D eigenvalue weighted by Gasteiger charge is -2.34. The number of benzene rings is 1. The Labute approximate surface area is 132 Å². The van der Waals surface area contributed by atoms with Gasteiger partial charge in [0, 0.05) is 39.3 Å². The lowest BCUT2D eigenvalue weighted by molar-refractivity contribution is 0.112. The van der Waals surface area contributed by atoms with Crippen molar-refractivity contribution in [3.8, 4) is 0 Å². The molecule has 7 heteroatoms. The second-order valence-electron chi connectivity index (χ2n) is 5.47. The molecule has 0 aromatic heterocycles. The van der Waals surface area contributed by atoms with Crippen LogP contribution in [0.2, 0.25) is 0 Å². The summed E-state index contributed by atoms with van der Waals surface area (Å²) in [5, 5.41) is 8.91. The summed E-state index contributed by atoms with van der Waals surface area (Å²) in [5.74, 6) is 0. The number of aliphatic hydroxyl groups is 1. The summed E-state index contributed by atoms with van der Waals surface area (Å²) in [6, 6.07) is 8.45. The van der Waals surface area contributed by atoms with E-state index in [1.165, 1.54) is 0 Å². The molecule has 0 amide bonds. The molecule has 22 heavy (non-hydrogen) atoms. The molecule has 1 aliphatic rings. The highest BCUT2D eigenvalue weighted by atomic mass is 32.2. The third kappa shape index (κ3) is 5.33. The van der Waals surface area contributed by atoms with E-state index in [0.29, 0.717) is 11.4 Å². The van der Waals surface area contributed by atoms with Crippen molar-refractivity contribution >= 4 is 10.0 Å². The van der Waals surface area contributed by atoms with Gasteiger partial charge < -0.3 is 10.0 Å². The van der Waals surface area contributed by atoms with Crippen LogP contribution in [0.1, 0.15) is 6.42 Å². The molecule has 0 spiro atoms. The molecule has 124 valence electrons. The summed E-state index contributed by atoms with van der Waals surface area (Å²) < 4.78 is 26.7. The minimum absolute atomic E-state index is 0.210. The molecule has 1 aromatic rings. The molecule has 1 aliphatic heterocycles. The summed E-state index contributed by atoms with van der Waals surface area (Å²) in [7, 11) is -3.38. The summed E-state index contributed by atoms with van der Waals surface area (Å²) in [4.78, 5) is 4.90. The van der Waals surface area contributed by atoms with Crippen molar-refractivity contribution in [2.24, 2.45) is 0 Å². The second kappa shape index (κ2) is 8.59. The number of rotatable bonds is 8. The van der Waals surface area contributed by atoms with E-state index in [1.807, 2.05) is 0 Å². The van der Waals surface area contributed by atoms with Gasteiger partial charge in [0.2, 0.25) is 10.0 Å². The van der Waals surface area contributed by atoms with E-state index in [2.05, 4.69) is 14.5 Å². The van der Waals surface area contributed by atoms with E-state index in [4.69, 9.17) is 5.11 Å². The van der Waals surface area contributed by atoms with E-state index in [0.717, 1.165) is 45.7 Å². The zero-order valence-corrected chi connectivity index (χ0v) is 13.6. The van der Waals surface area contributed by atoms with Crippen LogP contribution in [0.4, 0.5) is 0 Å². The van der Waals surface area contributed by atoms with Crippen molar-refractivity contribution in [1.82, 2.24) is 14.5 Å². The Morgan fingerprint density at radius 1 is 1.00 bits per heavy atom. The van der Waals surface area contributed by atoms with Gasteiger partial charge in [0.1, 0.15) is 0 Å². The standard InChI is InChI=1S/C15H25N3O3S/c19-14-13-18-11-9-17(10-12-18)8-4-7-16-22(20,21)15-5-2-1-3-6-15/h1-3,5-6,16,19H,4,7-14H2. The van der Waals surface area contributed by atoms with Crippen LogP contribution in [0.25, 0.3) is 0 Å². The fourth-order valence-corrected chi connectivity index (χ4v) is 3.67. The summed E-state index contributed by atoms with van der Waals surface area (Å²) in [6.07, 6.45) is 0.798. The van der Waals surface area contributed by atoms with Crippen LogP contribution >= 0.6 is 0 Å². The Kier molecular flexibility index (Phi) is 6.78. The average molecular weight is 327 g/mol. The van der Waals surface area contributed by atoms with Crippen molar-refractivity contribution in [3.05, 3.63) is 30.3 Å². The normalized spacial score (nSPS) is 17.7. The van der Waals surface area contributed by atoms with Gasteiger partial charge in [-0.05, 0) is 25.1 Å². The maximum Gasteiger partial charge on any atom is 0.240 e. The summed E-state index contributed by atoms with van der Waals surface area (Å²) in [6.45, 7) is 6.19. The number of nitrogens with one attached hydrogen (secondary N) is 1. The average Bonchev–Trinajstić information content (AvgIpc) is 2.54. The molecule has 2 rings (SSSR count). The minimum Gasteiger partial charge on any atom is -0.395 e. The van der Waals surface area contributed by atoms with Crippen molar-refractivity contribution < 1.29 is 13.5 Å². The fourth-order valence-electron chi connectivity index (χ4n) is 2.57. The van der Waals surface area contributed by atoms with Crippen molar-refractivity contribution in [3.63, 3.8) is 0 Å². The van der Waals surface area contributed by atoms with Crippen molar-refractivity contribution in [1.29, 1.82) is 0 Å². The monoisotopic (exact) mass is 327 g/mol. The predicted molar refractivity (Wildman–Crippen MR) is 86.2 cm³/mol. The molecule has 0 unspecified atom stereocenters. The third-order valence-corrected chi connectivity index (χ3v) is 5.35. The zero-order valence-electron chi connectivity index (χ0n) is 12.8. The largest absolute Gasteiger partial charge is 0.395 e. The topological polar surface area (TPSA) is 72.9 Å². The molecular weight excluding hydrogens is 302 g/mol. The van der Waals surface area contributed by atoms with Gasteiger partial charge in [-0.2, -0.15) is 0 Å². The predicted octanol–water partition coefficient (Wildman–Crippen LogP) is -0.0351. The molecule has 2 N–H and O–H groups in total. The van der Waals surface area contributed by atoms with Gasteiger partial charge in [-0.1, -0.05) is 18.2 Å². The first kappa shape index (κ1) is 17.4. The molecule has 6 nitrogen and oxygen atoms in total. The Morgan fingerprint density at radius 2 is 1.59 bits per heavy atom. The third-order valence-electron chi connectivity index (χ3n) is 3.88. The molecule has 1 saturated heterocycles. The lowest BCUT2D eigenvalue weighted by Crippen LogP contribution is -2.47. The van der Waals surface area contributed by atoms with Crippen LogP contribution in [0.5, 0.6) is 0 Å². The van der Waals surface area contributed by atoms with Gasteiger partial charge in [-0.25, -0.2) is 13.1 Å². The van der Waals surface area contributed by atoms with Gasteiger partial charge in [0.05, 0.1) is 11.5 Å². The number of hydrogen-bond acceptors (Lipinski definition) is 5. The van der Waals surface area contributed by atoms with Crippen LogP contribution < -0.4 is 4.72 Å². The number of nitrogens with zero attached hydrogens (tertiary/aromatic N) is 2. The van der Waals surface area contributed by atoms with Gasteiger partial charge >= 0.3 is 0 Å². The van der Waals surface area contributed by atoms with Gasteiger partial charge in [0.15, 0.2) is 0 Å². The highest BCUT2D eigenvalue weighted by Gasteiger charge is 2.16. The van der Waals surface area contributed by atoms with E-state index in [1.54, 1.807) is 30.3 Å². The van der Waals surface area contributed by atoms with E-state index in [-0.39, 0.29) is 6.61 Å². The van der Waals surface area contributed by atoms with Crippen LogP contribution in [-0.4, -0.2) is 75.7 Å². The maximum absolute atomic E-state index is 12.0. The first-order chi connectivity index (χ1) is 10.6. The van der Waals surface area contributed by atoms with Crippen LogP contribution in [0.15, 0.2) is 35.2 Å². The Bertz CT molecular complexity index is 528. The molecule has 0 radical (unpaired) electrons. The first-order valence-corrected chi connectivity index (χ1v) is 9.20. The van der Waals surface area contributed by atoms with E-state index in [9.17, 15) is 8.42 Å². The molecule has 0 aliphatic carbocycles. The molecule has 0 atom stereocenters. The molecule has 1 heterocycles. The first-order valence-electron chi connectivity index (χ1n) is 7.72. The Morgan fingerprint density at radius 3 is 2.18 bits per heavy atom. The number of piperazine rings is 1. The molecule has 0 saturated carbocycles. The lowest BCUT2D eigenvalue weighted by atomic mass is 10.3. The molecule has 1 aromatic carbocycles. The van der Waals surface area contributed by atoms with Gasteiger partial charge in [-0.15, -0.1) is 0 Å². The number of sulfonamides is 1. The SMILES string of the molecule is O=S(=O)(NCCCN1CCN(CCO)CC1)c1ccccc1. The Balaban J connectivity index is 1.66. The fraction of sp³-hybridized carbons (Fsp3) is 0.600. The smallest absolute Gasteiger partial charge is 0.240 e. The van der Waals surface area contributed by atoms with Crippen LogP contribution in [-0.2, 0) is 10.0 Å². The molecular formula is C15H25N3O3S.